The van der Waals surface area contributed by atoms with E-state index in [1.807, 2.05) is 29.6 Å². The lowest BCUT2D eigenvalue weighted by Crippen LogP contribution is -2.21. The van der Waals surface area contributed by atoms with Gasteiger partial charge in [-0.25, -0.2) is 0 Å². The molecule has 1 atom stereocenters. The molecule has 0 unspecified atom stereocenters. The molecule has 0 aliphatic carbocycles. The van der Waals surface area contributed by atoms with Crippen molar-refractivity contribution in [3.8, 4) is 0 Å². The van der Waals surface area contributed by atoms with Crippen molar-refractivity contribution >= 4 is 34.5 Å². The van der Waals surface area contributed by atoms with Gasteiger partial charge in [0.05, 0.1) is 30.3 Å². The van der Waals surface area contributed by atoms with Crippen LogP contribution in [0.3, 0.4) is 0 Å². The number of rotatable bonds is 6. The number of hydrogen-bond acceptors (Lipinski definition) is 4. The van der Waals surface area contributed by atoms with E-state index in [1.54, 1.807) is 23.5 Å². The van der Waals surface area contributed by atoms with Gasteiger partial charge in [0, 0.05) is 11.5 Å². The Hall–Kier alpha value is -2.18. The van der Waals surface area contributed by atoms with Gasteiger partial charge in [0.25, 0.3) is 0 Å². The zero-order valence-electron chi connectivity index (χ0n) is 13.3. The summed E-state index contributed by atoms with van der Waals surface area (Å²) in [7, 11) is 0. The summed E-state index contributed by atoms with van der Waals surface area (Å²) in [5.74, 6) is -0.194. The fraction of sp³-hybridized carbons (Fsp3) is 0.333. The molecule has 3 rings (SSSR count). The highest BCUT2D eigenvalue weighted by Gasteiger charge is 2.19. The molecule has 1 aliphatic rings. The molecule has 1 saturated heterocycles. The highest BCUT2D eigenvalue weighted by molar-refractivity contribution is 7.10. The van der Waals surface area contributed by atoms with Crippen LogP contribution in [0.5, 0.6) is 0 Å². The minimum absolute atomic E-state index is 0.00517. The fourth-order valence-electron chi connectivity index (χ4n) is 2.68. The summed E-state index contributed by atoms with van der Waals surface area (Å²) in [6.45, 7) is 0.729. The van der Waals surface area contributed by atoms with Crippen molar-refractivity contribution in [3.63, 3.8) is 0 Å². The summed E-state index contributed by atoms with van der Waals surface area (Å²) < 4.78 is 5.49. The monoisotopic (exact) mass is 344 g/mol. The Balaban J connectivity index is 1.59. The lowest BCUT2D eigenvalue weighted by molar-refractivity contribution is -0.118. The number of thiophene rings is 1. The number of ether oxygens (including phenoxy) is 1. The van der Waals surface area contributed by atoms with E-state index < -0.39 is 0 Å². The maximum absolute atomic E-state index is 12.2. The topological polar surface area (TPSA) is 67.4 Å². The van der Waals surface area contributed by atoms with Crippen molar-refractivity contribution in [2.24, 2.45) is 0 Å². The summed E-state index contributed by atoms with van der Waals surface area (Å²) in [6, 6.07) is 11.1. The number of carbonyl (C=O) groups excluding carboxylic acids is 2. The molecule has 0 radical (unpaired) electrons. The fourth-order valence-corrected chi connectivity index (χ4v) is 3.38. The maximum Gasteiger partial charge on any atom is 0.229 e. The van der Waals surface area contributed by atoms with Crippen LogP contribution in [0.15, 0.2) is 41.8 Å². The van der Waals surface area contributed by atoms with Gasteiger partial charge in [0.15, 0.2) is 0 Å². The van der Waals surface area contributed by atoms with Crippen LogP contribution in [-0.2, 0) is 20.7 Å². The van der Waals surface area contributed by atoms with E-state index in [2.05, 4.69) is 10.6 Å². The van der Waals surface area contributed by atoms with Crippen molar-refractivity contribution in [3.05, 3.63) is 46.7 Å². The Kier molecular flexibility index (Phi) is 5.61. The molecule has 1 aromatic heterocycles. The summed E-state index contributed by atoms with van der Waals surface area (Å²) >= 11 is 1.55. The van der Waals surface area contributed by atoms with E-state index in [1.165, 1.54) is 0 Å². The second-order valence-electron chi connectivity index (χ2n) is 5.74. The molecule has 6 heteroatoms. The minimum atomic E-state index is -0.0988. The van der Waals surface area contributed by atoms with E-state index >= 15 is 0 Å². The van der Waals surface area contributed by atoms with Crippen molar-refractivity contribution < 1.29 is 14.3 Å². The van der Waals surface area contributed by atoms with Crippen molar-refractivity contribution in [2.45, 2.75) is 31.8 Å². The van der Waals surface area contributed by atoms with Gasteiger partial charge in [0.1, 0.15) is 0 Å². The van der Waals surface area contributed by atoms with Gasteiger partial charge in [0.2, 0.25) is 11.8 Å². The van der Waals surface area contributed by atoms with Gasteiger partial charge in [-0.15, -0.1) is 11.3 Å². The van der Waals surface area contributed by atoms with Crippen molar-refractivity contribution in [2.75, 3.05) is 17.2 Å². The van der Waals surface area contributed by atoms with Crippen LogP contribution in [-0.4, -0.2) is 24.5 Å². The highest BCUT2D eigenvalue weighted by atomic mass is 32.1. The van der Waals surface area contributed by atoms with Crippen LogP contribution < -0.4 is 10.6 Å². The first-order valence-corrected chi connectivity index (χ1v) is 8.91. The molecule has 126 valence electrons. The van der Waals surface area contributed by atoms with Gasteiger partial charge in [-0.2, -0.15) is 0 Å². The van der Waals surface area contributed by atoms with Crippen LogP contribution >= 0.6 is 11.3 Å². The SMILES string of the molecule is O=C(Cc1cccs1)Nc1ccccc1NC(=O)C[C@H]1CCCO1. The van der Waals surface area contributed by atoms with Crippen LogP contribution in [0, 0.1) is 0 Å². The molecular weight excluding hydrogens is 324 g/mol. The van der Waals surface area contributed by atoms with Gasteiger partial charge in [-0.1, -0.05) is 18.2 Å². The predicted molar refractivity (Wildman–Crippen MR) is 95.3 cm³/mol. The number of amides is 2. The smallest absolute Gasteiger partial charge is 0.229 e. The lowest BCUT2D eigenvalue weighted by Gasteiger charge is -2.13. The molecule has 24 heavy (non-hydrogen) atoms. The molecule has 1 fully saturated rings. The summed E-state index contributed by atoms with van der Waals surface area (Å²) in [5, 5.41) is 7.69. The van der Waals surface area contributed by atoms with Gasteiger partial charge < -0.3 is 15.4 Å². The van der Waals surface area contributed by atoms with Gasteiger partial charge in [-0.3, -0.25) is 9.59 Å². The van der Waals surface area contributed by atoms with E-state index in [4.69, 9.17) is 4.74 Å². The van der Waals surface area contributed by atoms with Gasteiger partial charge >= 0.3 is 0 Å². The molecule has 0 saturated carbocycles. The number of nitrogens with one attached hydrogen (secondary N) is 2. The zero-order valence-corrected chi connectivity index (χ0v) is 14.1. The number of benzene rings is 1. The normalized spacial score (nSPS) is 16.8. The third-order valence-corrected chi connectivity index (χ3v) is 4.70. The summed E-state index contributed by atoms with van der Waals surface area (Å²) in [4.78, 5) is 25.3. The molecule has 5 nitrogen and oxygen atoms in total. The predicted octanol–water partition coefficient (Wildman–Crippen LogP) is 3.44. The molecule has 0 bridgehead atoms. The zero-order chi connectivity index (χ0) is 16.8. The molecule has 1 aliphatic heterocycles. The first-order valence-electron chi connectivity index (χ1n) is 8.03. The van der Waals surface area contributed by atoms with E-state index in [0.717, 1.165) is 24.3 Å². The molecular formula is C18H20N2O3S. The summed E-state index contributed by atoms with van der Waals surface area (Å²) in [5.41, 5.74) is 1.22. The number of anilines is 2. The minimum Gasteiger partial charge on any atom is -0.378 e. The largest absolute Gasteiger partial charge is 0.378 e. The van der Waals surface area contributed by atoms with Gasteiger partial charge in [-0.05, 0) is 36.4 Å². The molecule has 2 amide bonds. The number of carbonyl (C=O) groups is 2. The second kappa shape index (κ2) is 8.08. The average molecular weight is 344 g/mol. The third-order valence-electron chi connectivity index (χ3n) is 3.83. The Morgan fingerprint density at radius 1 is 1.08 bits per heavy atom. The number of para-hydroxylation sites is 2. The molecule has 2 heterocycles. The molecule has 2 N–H and O–H groups in total. The maximum atomic E-state index is 12.2. The average Bonchev–Trinajstić information content (AvgIpc) is 3.23. The molecule has 1 aromatic carbocycles. The van der Waals surface area contributed by atoms with Crippen LogP contribution in [0.2, 0.25) is 0 Å². The molecule has 2 aromatic rings. The van der Waals surface area contributed by atoms with Crippen LogP contribution in [0.25, 0.3) is 0 Å². The standard InChI is InChI=1S/C18H20N2O3S/c21-17(11-13-5-3-9-23-13)19-15-7-1-2-8-16(15)20-18(22)12-14-6-4-10-24-14/h1-2,4,6-8,10,13H,3,5,9,11-12H2,(H,19,21)(H,20,22)/t13-/m1/s1. The Bertz CT molecular complexity index is 694. The Morgan fingerprint density at radius 2 is 1.83 bits per heavy atom. The van der Waals surface area contributed by atoms with Crippen LogP contribution in [0.4, 0.5) is 11.4 Å². The third kappa shape index (κ3) is 4.66. The quantitative estimate of drug-likeness (QED) is 0.843. The Morgan fingerprint density at radius 3 is 2.46 bits per heavy atom. The van der Waals surface area contributed by atoms with E-state index in [9.17, 15) is 9.59 Å². The second-order valence-corrected chi connectivity index (χ2v) is 6.77. The lowest BCUT2D eigenvalue weighted by atomic mass is 10.1. The van der Waals surface area contributed by atoms with Crippen molar-refractivity contribution in [1.82, 2.24) is 0 Å². The Labute approximate surface area is 145 Å². The summed E-state index contributed by atoms with van der Waals surface area (Å²) in [6.07, 6.45) is 2.61. The van der Waals surface area contributed by atoms with Crippen molar-refractivity contribution in [1.29, 1.82) is 0 Å². The highest BCUT2D eigenvalue weighted by Crippen LogP contribution is 2.23. The van der Waals surface area contributed by atoms with E-state index in [0.29, 0.717) is 24.2 Å². The number of hydrogen-bond donors (Lipinski definition) is 2. The first kappa shape index (κ1) is 16.7. The molecule has 0 spiro atoms. The first-order chi connectivity index (χ1) is 11.7. The van der Waals surface area contributed by atoms with Crippen LogP contribution in [0.1, 0.15) is 24.1 Å². The van der Waals surface area contributed by atoms with E-state index in [-0.39, 0.29) is 17.9 Å².